The summed E-state index contributed by atoms with van der Waals surface area (Å²) < 4.78 is 19.7. The number of ether oxygens (including phenoxy) is 1. The average Bonchev–Trinajstić information content (AvgIpc) is 3.18. The molecule has 158 valence electrons. The summed E-state index contributed by atoms with van der Waals surface area (Å²) in [6.07, 6.45) is 7.32. The van der Waals surface area contributed by atoms with Crippen LogP contribution in [0.25, 0.3) is 22.3 Å². The highest BCUT2D eigenvalue weighted by Crippen LogP contribution is 2.51. The van der Waals surface area contributed by atoms with Gasteiger partial charge in [0.15, 0.2) is 0 Å². The number of anilines is 2. The van der Waals surface area contributed by atoms with Gasteiger partial charge in [-0.05, 0) is 29.7 Å². The summed E-state index contributed by atoms with van der Waals surface area (Å²) in [6.45, 7) is 1.90. The Morgan fingerprint density at radius 2 is 1.87 bits per heavy atom. The van der Waals surface area contributed by atoms with Gasteiger partial charge >= 0.3 is 6.01 Å². The van der Waals surface area contributed by atoms with Gasteiger partial charge in [0.05, 0.1) is 18.5 Å². The van der Waals surface area contributed by atoms with E-state index in [1.165, 1.54) is 6.42 Å². The van der Waals surface area contributed by atoms with Crippen LogP contribution in [0.5, 0.6) is 6.01 Å². The number of benzene rings is 1. The molecule has 0 spiro atoms. The number of fused-ring (bicyclic) bond motifs is 5. The summed E-state index contributed by atoms with van der Waals surface area (Å²) in [4.78, 5) is 15.9. The van der Waals surface area contributed by atoms with E-state index in [0.717, 1.165) is 58.0 Å². The van der Waals surface area contributed by atoms with Crippen molar-refractivity contribution in [3.63, 3.8) is 0 Å². The molecule has 0 saturated carbocycles. The summed E-state index contributed by atoms with van der Waals surface area (Å²) in [7, 11) is 3.38. The lowest BCUT2D eigenvalue weighted by atomic mass is 9.85. The van der Waals surface area contributed by atoms with Gasteiger partial charge in [0.2, 0.25) is 0 Å². The Labute approximate surface area is 179 Å². The number of nitrogens with zero attached hydrogens (tertiary/aromatic N) is 4. The average molecular weight is 418 g/mol. The lowest BCUT2D eigenvalue weighted by Crippen LogP contribution is -2.68. The highest BCUT2D eigenvalue weighted by molar-refractivity contribution is 5.97. The van der Waals surface area contributed by atoms with Crippen LogP contribution in [0.2, 0.25) is 0 Å². The fourth-order valence-electron chi connectivity index (χ4n) is 5.28. The molecule has 8 heteroatoms. The lowest BCUT2D eigenvalue weighted by molar-refractivity contribution is 0.263. The van der Waals surface area contributed by atoms with E-state index in [2.05, 4.69) is 25.5 Å². The molecule has 0 radical (unpaired) electrons. The normalized spacial score (nSPS) is 20.7. The summed E-state index contributed by atoms with van der Waals surface area (Å²) >= 11 is 0. The first-order chi connectivity index (χ1) is 15.2. The SMILES string of the molecule is CNc1cc(F)cc2c1Cc1ncc(-c3cnc(OC)nc3)c(N3C4CNCC3C4)c1-2. The highest BCUT2D eigenvalue weighted by atomic mass is 19.1. The maximum atomic E-state index is 14.6. The third-order valence-corrected chi connectivity index (χ3v) is 6.70. The molecule has 31 heavy (non-hydrogen) atoms. The minimum absolute atomic E-state index is 0.245. The van der Waals surface area contributed by atoms with Crippen molar-refractivity contribution >= 4 is 11.4 Å². The second-order valence-electron chi connectivity index (χ2n) is 8.32. The molecule has 2 aromatic heterocycles. The van der Waals surface area contributed by atoms with E-state index in [4.69, 9.17) is 9.72 Å². The number of hydrogen-bond acceptors (Lipinski definition) is 7. The number of methoxy groups -OCH3 is 1. The molecule has 1 aliphatic carbocycles. The predicted molar refractivity (Wildman–Crippen MR) is 117 cm³/mol. The third-order valence-electron chi connectivity index (χ3n) is 6.70. The van der Waals surface area contributed by atoms with E-state index in [0.29, 0.717) is 24.5 Å². The number of rotatable bonds is 4. The quantitative estimate of drug-likeness (QED) is 0.528. The van der Waals surface area contributed by atoms with Crippen LogP contribution in [-0.4, -0.2) is 54.3 Å². The molecular weight excluding hydrogens is 395 g/mol. The molecule has 2 unspecified atom stereocenters. The smallest absolute Gasteiger partial charge is 0.316 e. The van der Waals surface area contributed by atoms with Crippen LogP contribution in [0.3, 0.4) is 0 Å². The Bertz CT molecular complexity index is 1170. The Morgan fingerprint density at radius 3 is 2.55 bits per heavy atom. The van der Waals surface area contributed by atoms with Gasteiger partial charge in [-0.2, -0.15) is 0 Å². The summed E-state index contributed by atoms with van der Waals surface area (Å²) in [5.74, 6) is -0.245. The largest absolute Gasteiger partial charge is 0.467 e. The Morgan fingerprint density at radius 1 is 1.10 bits per heavy atom. The minimum atomic E-state index is -0.245. The maximum absolute atomic E-state index is 14.6. The zero-order valence-corrected chi connectivity index (χ0v) is 17.4. The number of piperidine rings is 1. The number of hydrogen-bond donors (Lipinski definition) is 2. The molecule has 2 aliphatic heterocycles. The molecule has 6 rings (SSSR count). The fraction of sp³-hybridized carbons (Fsp3) is 0.348. The zero-order chi connectivity index (χ0) is 21.1. The Hall–Kier alpha value is -3.26. The number of aromatic nitrogens is 3. The van der Waals surface area contributed by atoms with Gasteiger partial charge in [-0.25, -0.2) is 14.4 Å². The molecule has 0 amide bonds. The molecule has 2 atom stereocenters. The van der Waals surface area contributed by atoms with Crippen LogP contribution in [0, 0.1) is 5.82 Å². The molecule has 3 aromatic rings. The van der Waals surface area contributed by atoms with E-state index in [1.54, 1.807) is 31.6 Å². The van der Waals surface area contributed by atoms with Crippen molar-refractivity contribution in [3.05, 3.63) is 47.8 Å². The summed E-state index contributed by atoms with van der Waals surface area (Å²) in [5, 5.41) is 6.66. The topological polar surface area (TPSA) is 75.2 Å². The zero-order valence-electron chi connectivity index (χ0n) is 17.4. The van der Waals surface area contributed by atoms with Crippen LogP contribution in [0.1, 0.15) is 17.7 Å². The van der Waals surface area contributed by atoms with Crippen LogP contribution in [0.4, 0.5) is 15.8 Å². The highest BCUT2D eigenvalue weighted by Gasteiger charge is 2.44. The molecule has 2 N–H and O–H groups in total. The van der Waals surface area contributed by atoms with Crippen LogP contribution in [0.15, 0.2) is 30.7 Å². The molecule has 2 fully saturated rings. The van der Waals surface area contributed by atoms with Crippen molar-refractivity contribution in [2.75, 3.05) is 37.5 Å². The van der Waals surface area contributed by atoms with Crippen molar-refractivity contribution in [1.82, 2.24) is 20.3 Å². The monoisotopic (exact) mass is 418 g/mol. The van der Waals surface area contributed by atoms with E-state index in [9.17, 15) is 4.39 Å². The first kappa shape index (κ1) is 18.5. The first-order valence-electron chi connectivity index (χ1n) is 10.6. The number of piperazine rings is 1. The molecular formula is C23H23FN6O. The van der Waals surface area contributed by atoms with Crippen molar-refractivity contribution in [2.24, 2.45) is 0 Å². The van der Waals surface area contributed by atoms with E-state index in [1.807, 2.05) is 13.2 Å². The first-order valence-corrected chi connectivity index (χ1v) is 10.6. The maximum Gasteiger partial charge on any atom is 0.316 e. The minimum Gasteiger partial charge on any atom is -0.467 e. The van der Waals surface area contributed by atoms with Gasteiger partial charge < -0.3 is 20.3 Å². The molecule has 3 aliphatic rings. The lowest BCUT2D eigenvalue weighted by Gasteiger charge is -2.55. The van der Waals surface area contributed by atoms with Gasteiger partial charge in [0, 0.05) is 79.6 Å². The third kappa shape index (κ3) is 2.71. The molecule has 2 saturated heterocycles. The number of nitrogens with one attached hydrogen (secondary N) is 2. The van der Waals surface area contributed by atoms with Gasteiger partial charge in [-0.3, -0.25) is 4.98 Å². The van der Waals surface area contributed by atoms with Crippen molar-refractivity contribution < 1.29 is 9.13 Å². The van der Waals surface area contributed by atoms with Gasteiger partial charge in [0.1, 0.15) is 5.82 Å². The molecule has 2 bridgehead atoms. The predicted octanol–water partition coefficient (Wildman–Crippen LogP) is 2.85. The molecule has 7 nitrogen and oxygen atoms in total. The van der Waals surface area contributed by atoms with Crippen LogP contribution in [-0.2, 0) is 6.42 Å². The fourth-order valence-corrected chi connectivity index (χ4v) is 5.28. The van der Waals surface area contributed by atoms with Gasteiger partial charge in [-0.15, -0.1) is 0 Å². The van der Waals surface area contributed by atoms with Crippen molar-refractivity contribution in [3.8, 4) is 28.3 Å². The van der Waals surface area contributed by atoms with Crippen molar-refractivity contribution in [1.29, 1.82) is 0 Å². The second-order valence-corrected chi connectivity index (χ2v) is 8.32. The van der Waals surface area contributed by atoms with Crippen LogP contribution < -0.4 is 20.3 Å². The Balaban J connectivity index is 1.60. The van der Waals surface area contributed by atoms with E-state index < -0.39 is 0 Å². The summed E-state index contributed by atoms with van der Waals surface area (Å²) in [5.41, 5.74) is 7.84. The number of halogens is 1. The molecule has 1 aromatic carbocycles. The van der Waals surface area contributed by atoms with Gasteiger partial charge in [-0.1, -0.05) is 0 Å². The Kier molecular flexibility index (Phi) is 4.11. The van der Waals surface area contributed by atoms with Gasteiger partial charge in [0.25, 0.3) is 0 Å². The van der Waals surface area contributed by atoms with E-state index in [-0.39, 0.29) is 5.82 Å². The van der Waals surface area contributed by atoms with Crippen LogP contribution >= 0.6 is 0 Å². The standard InChI is InChI=1S/C23H23FN6O/c1-25-19-4-13(24)3-17-16(19)6-20-21(17)22(30-14-5-15(30)10-26-9-14)18(11-27-20)12-7-28-23(31-2)29-8-12/h3-4,7-8,11,14-15,25-26H,5-6,9-10H2,1-2H3. The molecule has 4 heterocycles. The second kappa shape index (κ2) is 6.88. The van der Waals surface area contributed by atoms with Crippen molar-refractivity contribution in [2.45, 2.75) is 24.9 Å². The number of pyridine rings is 1. The summed E-state index contributed by atoms with van der Waals surface area (Å²) in [6, 6.07) is 4.38. The van der Waals surface area contributed by atoms with E-state index >= 15 is 0 Å².